The minimum absolute atomic E-state index is 0.170. The fourth-order valence-electron chi connectivity index (χ4n) is 3.76. The van der Waals surface area contributed by atoms with Crippen molar-refractivity contribution >= 4 is 10.9 Å². The van der Waals surface area contributed by atoms with Crippen molar-refractivity contribution in [3.63, 3.8) is 0 Å². The molecule has 98 valence electrons. The fraction of sp³-hybridized carbons (Fsp3) is 0.375. The Kier molecular flexibility index (Phi) is 2.34. The number of aromatic amines is 1. The van der Waals surface area contributed by atoms with E-state index in [1.54, 1.807) is 0 Å². The molecule has 3 heteroatoms. The third-order valence-electron chi connectivity index (χ3n) is 4.66. The third-order valence-corrected chi connectivity index (χ3v) is 4.66. The van der Waals surface area contributed by atoms with Gasteiger partial charge in [-0.15, -0.1) is 0 Å². The zero-order chi connectivity index (χ0) is 13.0. The minimum atomic E-state index is 0.170. The summed E-state index contributed by atoms with van der Waals surface area (Å²) in [5, 5.41) is 10.8. The van der Waals surface area contributed by atoms with Gasteiger partial charge in [-0.3, -0.25) is 4.90 Å². The molecule has 2 N–H and O–H groups in total. The zero-order valence-electron chi connectivity index (χ0n) is 11.1. The molecular formula is C16H18N2O. The molecule has 2 heterocycles. The maximum absolute atomic E-state index is 9.45. The van der Waals surface area contributed by atoms with Gasteiger partial charge in [0.25, 0.3) is 0 Å². The molecule has 19 heavy (non-hydrogen) atoms. The van der Waals surface area contributed by atoms with E-state index in [0.717, 1.165) is 18.5 Å². The molecule has 0 bridgehead atoms. The van der Waals surface area contributed by atoms with Crippen molar-refractivity contribution in [2.45, 2.75) is 18.4 Å². The van der Waals surface area contributed by atoms with Gasteiger partial charge in [-0.05, 0) is 36.2 Å². The Labute approximate surface area is 112 Å². The van der Waals surface area contributed by atoms with Gasteiger partial charge in [0.2, 0.25) is 0 Å². The van der Waals surface area contributed by atoms with Crippen LogP contribution in [0.4, 0.5) is 0 Å². The van der Waals surface area contributed by atoms with Gasteiger partial charge in [0.15, 0.2) is 0 Å². The molecule has 3 nitrogen and oxygen atoms in total. The van der Waals surface area contributed by atoms with Gasteiger partial charge in [0.1, 0.15) is 0 Å². The second-order valence-electron chi connectivity index (χ2n) is 5.78. The SMILES string of the molecule is CN1CC(CO)=C[C@@H]2c3cccc4[nH]cc(c34)C[C@@H]21. The minimum Gasteiger partial charge on any atom is -0.392 e. The van der Waals surface area contributed by atoms with Gasteiger partial charge in [-0.25, -0.2) is 0 Å². The Morgan fingerprint density at radius 3 is 3.16 bits per heavy atom. The molecule has 2 aliphatic rings. The van der Waals surface area contributed by atoms with Crippen LogP contribution in [-0.4, -0.2) is 41.2 Å². The number of aliphatic hydroxyl groups is 1. The first-order valence-corrected chi connectivity index (χ1v) is 6.87. The van der Waals surface area contributed by atoms with E-state index in [0.29, 0.717) is 12.0 Å². The zero-order valence-corrected chi connectivity index (χ0v) is 11.1. The van der Waals surface area contributed by atoms with Crippen LogP contribution in [-0.2, 0) is 6.42 Å². The molecular weight excluding hydrogens is 236 g/mol. The second-order valence-corrected chi connectivity index (χ2v) is 5.78. The molecule has 1 aromatic heterocycles. The van der Waals surface area contributed by atoms with E-state index >= 15 is 0 Å². The molecule has 2 atom stereocenters. The normalized spacial score (nSPS) is 26.3. The van der Waals surface area contributed by atoms with Gasteiger partial charge < -0.3 is 10.1 Å². The number of nitrogens with zero attached hydrogens (tertiary/aromatic N) is 1. The first-order chi connectivity index (χ1) is 9.28. The summed E-state index contributed by atoms with van der Waals surface area (Å²) < 4.78 is 0. The first kappa shape index (κ1) is 11.3. The van der Waals surface area contributed by atoms with Crippen LogP contribution >= 0.6 is 0 Å². The molecule has 4 rings (SSSR count). The fourth-order valence-corrected chi connectivity index (χ4v) is 3.76. The van der Waals surface area contributed by atoms with Crippen LogP contribution in [0.3, 0.4) is 0 Å². The van der Waals surface area contributed by atoms with E-state index in [1.165, 1.54) is 22.0 Å². The summed E-state index contributed by atoms with van der Waals surface area (Å²) in [4.78, 5) is 5.76. The lowest BCUT2D eigenvalue weighted by atomic mass is 9.77. The summed E-state index contributed by atoms with van der Waals surface area (Å²) in [5.41, 5.74) is 5.21. The number of nitrogens with one attached hydrogen (secondary N) is 1. The van der Waals surface area contributed by atoms with Crippen molar-refractivity contribution in [2.24, 2.45) is 0 Å². The monoisotopic (exact) mass is 254 g/mol. The molecule has 0 spiro atoms. The first-order valence-electron chi connectivity index (χ1n) is 6.87. The number of aliphatic hydroxyl groups excluding tert-OH is 1. The number of benzene rings is 1. The summed E-state index contributed by atoms with van der Waals surface area (Å²) in [6, 6.07) is 7.03. The highest BCUT2D eigenvalue weighted by molar-refractivity contribution is 5.88. The summed E-state index contributed by atoms with van der Waals surface area (Å²) in [7, 11) is 2.16. The average molecular weight is 254 g/mol. The second kappa shape index (κ2) is 3.95. The number of rotatable bonds is 1. The molecule has 0 unspecified atom stereocenters. The Balaban J connectivity index is 1.95. The van der Waals surface area contributed by atoms with Crippen molar-refractivity contribution in [1.29, 1.82) is 0 Å². The van der Waals surface area contributed by atoms with Crippen LogP contribution in [0.5, 0.6) is 0 Å². The van der Waals surface area contributed by atoms with Crippen molar-refractivity contribution in [1.82, 2.24) is 9.88 Å². The van der Waals surface area contributed by atoms with Gasteiger partial charge in [-0.1, -0.05) is 18.2 Å². The molecule has 0 radical (unpaired) electrons. The summed E-state index contributed by atoms with van der Waals surface area (Å²) >= 11 is 0. The quantitative estimate of drug-likeness (QED) is 0.764. The van der Waals surface area contributed by atoms with Gasteiger partial charge in [0, 0.05) is 35.6 Å². The lowest BCUT2D eigenvalue weighted by Gasteiger charge is -2.41. The molecule has 0 fully saturated rings. The van der Waals surface area contributed by atoms with Crippen molar-refractivity contribution in [3.8, 4) is 0 Å². The van der Waals surface area contributed by atoms with Crippen LogP contribution in [0.2, 0.25) is 0 Å². The average Bonchev–Trinajstić information content (AvgIpc) is 2.85. The lowest BCUT2D eigenvalue weighted by Crippen LogP contribution is -2.44. The van der Waals surface area contributed by atoms with Crippen LogP contribution in [0.25, 0.3) is 10.9 Å². The van der Waals surface area contributed by atoms with E-state index in [4.69, 9.17) is 0 Å². The smallest absolute Gasteiger partial charge is 0.0654 e. The Hall–Kier alpha value is -1.58. The molecule has 0 saturated carbocycles. The predicted molar refractivity (Wildman–Crippen MR) is 76.3 cm³/mol. The highest BCUT2D eigenvalue weighted by Gasteiger charge is 2.35. The topological polar surface area (TPSA) is 39.3 Å². The van der Waals surface area contributed by atoms with Crippen molar-refractivity contribution in [2.75, 3.05) is 20.2 Å². The van der Waals surface area contributed by atoms with Crippen LogP contribution in [0, 0.1) is 0 Å². The van der Waals surface area contributed by atoms with Crippen LogP contribution < -0.4 is 0 Å². The van der Waals surface area contributed by atoms with E-state index in [9.17, 15) is 5.11 Å². The molecule has 0 amide bonds. The number of hydrogen-bond acceptors (Lipinski definition) is 2. The molecule has 1 aliphatic carbocycles. The van der Waals surface area contributed by atoms with Gasteiger partial charge in [-0.2, -0.15) is 0 Å². The van der Waals surface area contributed by atoms with Crippen LogP contribution in [0.15, 0.2) is 36.0 Å². The Bertz CT molecular complexity index is 670. The molecule has 0 saturated heterocycles. The van der Waals surface area contributed by atoms with Gasteiger partial charge >= 0.3 is 0 Å². The third kappa shape index (κ3) is 1.52. The standard InChI is InChI=1S/C16H18N2O/c1-18-8-10(9-19)5-13-12-3-2-4-14-16(12)11(7-17-14)6-15(13)18/h2-5,7,13,15,17,19H,6,8-9H2,1H3/t13-,15+/m1/s1. The summed E-state index contributed by atoms with van der Waals surface area (Å²) in [5.74, 6) is 0.410. The molecule has 1 aliphatic heterocycles. The highest BCUT2D eigenvalue weighted by Crippen LogP contribution is 2.41. The lowest BCUT2D eigenvalue weighted by molar-refractivity contribution is 0.208. The Morgan fingerprint density at radius 1 is 1.42 bits per heavy atom. The maximum atomic E-state index is 9.45. The van der Waals surface area contributed by atoms with Crippen LogP contribution in [0.1, 0.15) is 17.0 Å². The number of aromatic nitrogens is 1. The molecule has 2 aromatic rings. The van der Waals surface area contributed by atoms with Crippen molar-refractivity contribution < 1.29 is 5.11 Å². The van der Waals surface area contributed by atoms with Crippen molar-refractivity contribution in [3.05, 3.63) is 47.2 Å². The largest absolute Gasteiger partial charge is 0.392 e. The maximum Gasteiger partial charge on any atom is 0.0654 e. The number of hydrogen-bond donors (Lipinski definition) is 2. The Morgan fingerprint density at radius 2 is 2.32 bits per heavy atom. The predicted octanol–water partition coefficient (Wildman–Crippen LogP) is 2.04. The summed E-state index contributed by atoms with van der Waals surface area (Å²) in [6.45, 7) is 1.05. The summed E-state index contributed by atoms with van der Waals surface area (Å²) in [6.07, 6.45) is 5.53. The number of fused-ring (bicyclic) bond motifs is 2. The number of H-pyrrole nitrogens is 1. The number of likely N-dealkylation sites (N-methyl/N-ethyl adjacent to an activating group) is 1. The van der Waals surface area contributed by atoms with E-state index < -0.39 is 0 Å². The van der Waals surface area contributed by atoms with Gasteiger partial charge in [0.05, 0.1) is 6.61 Å². The van der Waals surface area contributed by atoms with E-state index in [-0.39, 0.29) is 6.61 Å². The van der Waals surface area contributed by atoms with E-state index in [2.05, 4.69) is 47.4 Å². The highest BCUT2D eigenvalue weighted by atomic mass is 16.3. The molecule has 1 aromatic carbocycles. The van der Waals surface area contributed by atoms with E-state index in [1.807, 2.05) is 0 Å².